The first-order chi connectivity index (χ1) is 10.0. The Morgan fingerprint density at radius 1 is 1.14 bits per heavy atom. The molecule has 1 atom stereocenters. The highest BCUT2D eigenvalue weighted by Gasteiger charge is 2.20. The summed E-state index contributed by atoms with van der Waals surface area (Å²) in [4.78, 5) is 0. The molecule has 1 N–H and O–H groups in total. The number of hydrogen-bond acceptors (Lipinski definition) is 1. The van der Waals surface area contributed by atoms with Crippen LogP contribution < -0.4 is 5.32 Å². The van der Waals surface area contributed by atoms with Crippen molar-refractivity contribution in [1.82, 2.24) is 5.32 Å². The lowest BCUT2D eigenvalue weighted by Crippen LogP contribution is -2.24. The van der Waals surface area contributed by atoms with Crippen LogP contribution in [0, 0.1) is 5.82 Å². The summed E-state index contributed by atoms with van der Waals surface area (Å²) in [7, 11) is 0. The molecule has 2 aromatic rings. The van der Waals surface area contributed by atoms with E-state index in [4.69, 9.17) is 23.2 Å². The number of benzene rings is 2. The minimum absolute atomic E-state index is 0.283. The maximum atomic E-state index is 14.3. The Morgan fingerprint density at radius 3 is 2.57 bits per heavy atom. The Balaban J connectivity index is 2.49. The Bertz CT molecular complexity index is 634. The molecular weight excluding hydrogens is 376 g/mol. The van der Waals surface area contributed by atoms with Crippen LogP contribution in [0.2, 0.25) is 10.0 Å². The van der Waals surface area contributed by atoms with Crippen molar-refractivity contribution in [3.63, 3.8) is 0 Å². The third kappa shape index (κ3) is 4.19. The van der Waals surface area contributed by atoms with E-state index in [1.54, 1.807) is 24.3 Å². The van der Waals surface area contributed by atoms with E-state index in [0.717, 1.165) is 18.5 Å². The van der Waals surface area contributed by atoms with Crippen LogP contribution in [0.3, 0.4) is 0 Å². The van der Waals surface area contributed by atoms with Crippen molar-refractivity contribution in [1.29, 1.82) is 0 Å². The lowest BCUT2D eigenvalue weighted by molar-refractivity contribution is 0.546. The lowest BCUT2D eigenvalue weighted by atomic mass is 9.98. The molecule has 2 rings (SSSR count). The molecule has 0 bridgehead atoms. The number of nitrogens with one attached hydrogen (secondary N) is 1. The van der Waals surface area contributed by atoms with Gasteiger partial charge >= 0.3 is 0 Å². The van der Waals surface area contributed by atoms with Crippen molar-refractivity contribution < 1.29 is 4.39 Å². The van der Waals surface area contributed by atoms with E-state index < -0.39 is 0 Å². The predicted molar refractivity (Wildman–Crippen MR) is 90.7 cm³/mol. The maximum absolute atomic E-state index is 14.3. The van der Waals surface area contributed by atoms with Crippen LogP contribution >= 0.6 is 39.1 Å². The van der Waals surface area contributed by atoms with E-state index >= 15 is 0 Å². The van der Waals surface area contributed by atoms with E-state index in [0.29, 0.717) is 20.1 Å². The van der Waals surface area contributed by atoms with E-state index in [1.165, 1.54) is 6.07 Å². The van der Waals surface area contributed by atoms with Gasteiger partial charge in [0.25, 0.3) is 0 Å². The summed E-state index contributed by atoms with van der Waals surface area (Å²) in [5.74, 6) is -0.283. The van der Waals surface area contributed by atoms with E-state index in [1.807, 2.05) is 6.07 Å². The second kappa shape index (κ2) is 7.59. The van der Waals surface area contributed by atoms with Gasteiger partial charge in [0.1, 0.15) is 5.82 Å². The molecule has 112 valence electrons. The van der Waals surface area contributed by atoms with Crippen LogP contribution in [0.25, 0.3) is 0 Å². The Labute approximate surface area is 142 Å². The largest absolute Gasteiger partial charge is 0.306 e. The average molecular weight is 391 g/mol. The van der Waals surface area contributed by atoms with Gasteiger partial charge < -0.3 is 5.32 Å². The number of hydrogen-bond donors (Lipinski definition) is 1. The van der Waals surface area contributed by atoms with E-state index in [-0.39, 0.29) is 11.9 Å². The maximum Gasteiger partial charge on any atom is 0.129 e. The normalized spacial score (nSPS) is 12.4. The van der Waals surface area contributed by atoms with Gasteiger partial charge in [-0.3, -0.25) is 0 Å². The van der Waals surface area contributed by atoms with E-state index in [9.17, 15) is 4.39 Å². The molecule has 0 aromatic heterocycles. The molecule has 0 spiro atoms. The first kappa shape index (κ1) is 16.8. The van der Waals surface area contributed by atoms with Crippen LogP contribution in [-0.4, -0.2) is 6.54 Å². The third-order valence-corrected chi connectivity index (χ3v) is 4.21. The summed E-state index contributed by atoms with van der Waals surface area (Å²) in [6.07, 6.45) is 0.937. The molecule has 0 radical (unpaired) electrons. The summed E-state index contributed by atoms with van der Waals surface area (Å²) in [5, 5.41) is 4.48. The zero-order valence-electron chi connectivity index (χ0n) is 11.5. The molecule has 5 heteroatoms. The molecule has 0 aliphatic rings. The van der Waals surface area contributed by atoms with Gasteiger partial charge in [-0.1, -0.05) is 52.1 Å². The minimum atomic E-state index is -0.329. The topological polar surface area (TPSA) is 12.0 Å². The summed E-state index contributed by atoms with van der Waals surface area (Å²) in [6.45, 7) is 2.81. The van der Waals surface area contributed by atoms with Gasteiger partial charge in [-0.05, 0) is 48.9 Å². The molecule has 0 saturated heterocycles. The van der Waals surface area contributed by atoms with Crippen molar-refractivity contribution in [3.05, 3.63) is 67.9 Å². The van der Waals surface area contributed by atoms with Gasteiger partial charge in [0.15, 0.2) is 0 Å². The Morgan fingerprint density at radius 2 is 1.90 bits per heavy atom. The monoisotopic (exact) mass is 389 g/mol. The first-order valence-corrected chi connectivity index (χ1v) is 8.21. The van der Waals surface area contributed by atoms with Gasteiger partial charge in [-0.2, -0.15) is 0 Å². The Hall–Kier alpha value is -0.610. The van der Waals surface area contributed by atoms with Crippen molar-refractivity contribution in [2.75, 3.05) is 6.54 Å². The lowest BCUT2D eigenvalue weighted by Gasteiger charge is -2.21. The highest BCUT2D eigenvalue weighted by molar-refractivity contribution is 9.10. The van der Waals surface area contributed by atoms with Crippen LogP contribution in [0.1, 0.15) is 30.5 Å². The van der Waals surface area contributed by atoms with Crippen molar-refractivity contribution in [3.8, 4) is 0 Å². The molecule has 2 aromatic carbocycles. The van der Waals surface area contributed by atoms with Gasteiger partial charge in [0.05, 0.1) is 6.04 Å². The molecule has 0 fully saturated rings. The van der Waals surface area contributed by atoms with Gasteiger partial charge in [0.2, 0.25) is 0 Å². The molecule has 21 heavy (non-hydrogen) atoms. The molecule has 0 heterocycles. The van der Waals surface area contributed by atoms with Gasteiger partial charge in [-0.15, -0.1) is 0 Å². The number of rotatable bonds is 5. The highest BCUT2D eigenvalue weighted by Crippen LogP contribution is 2.32. The molecule has 1 unspecified atom stereocenters. The molecule has 0 aliphatic heterocycles. The summed E-state index contributed by atoms with van der Waals surface area (Å²) in [6, 6.07) is 9.93. The second-order valence-corrected chi connectivity index (χ2v) is 6.48. The zero-order valence-corrected chi connectivity index (χ0v) is 14.6. The fraction of sp³-hybridized carbons (Fsp3) is 0.250. The first-order valence-electron chi connectivity index (χ1n) is 6.66. The molecule has 1 nitrogen and oxygen atoms in total. The predicted octanol–water partition coefficient (Wildman–Crippen LogP) is 5.98. The third-order valence-electron chi connectivity index (χ3n) is 3.14. The SMILES string of the molecule is CCCNC(c1ccc(Br)cc1F)c1cc(Cl)ccc1Cl. The van der Waals surface area contributed by atoms with Crippen LogP contribution in [0.15, 0.2) is 40.9 Å². The average Bonchev–Trinajstić information content (AvgIpc) is 2.44. The van der Waals surface area contributed by atoms with Crippen LogP contribution in [-0.2, 0) is 0 Å². The molecule has 0 saturated carbocycles. The zero-order chi connectivity index (χ0) is 15.4. The van der Waals surface area contributed by atoms with Crippen molar-refractivity contribution in [2.45, 2.75) is 19.4 Å². The Kier molecular flexibility index (Phi) is 6.06. The van der Waals surface area contributed by atoms with Crippen molar-refractivity contribution >= 4 is 39.1 Å². The quantitative estimate of drug-likeness (QED) is 0.661. The highest BCUT2D eigenvalue weighted by atomic mass is 79.9. The summed E-state index contributed by atoms with van der Waals surface area (Å²) >= 11 is 15.6. The van der Waals surface area contributed by atoms with Gasteiger partial charge in [0, 0.05) is 20.1 Å². The summed E-state index contributed by atoms with van der Waals surface area (Å²) < 4.78 is 15.0. The fourth-order valence-corrected chi connectivity index (χ4v) is 2.89. The van der Waals surface area contributed by atoms with Crippen LogP contribution in [0.4, 0.5) is 4.39 Å². The molecule has 0 aliphatic carbocycles. The second-order valence-electron chi connectivity index (χ2n) is 4.72. The van der Waals surface area contributed by atoms with Crippen LogP contribution in [0.5, 0.6) is 0 Å². The van der Waals surface area contributed by atoms with Gasteiger partial charge in [-0.25, -0.2) is 4.39 Å². The molecule has 0 amide bonds. The summed E-state index contributed by atoms with van der Waals surface area (Å²) in [5.41, 5.74) is 1.33. The van der Waals surface area contributed by atoms with Crippen molar-refractivity contribution in [2.24, 2.45) is 0 Å². The molecular formula is C16H15BrCl2FN. The van der Waals surface area contributed by atoms with E-state index in [2.05, 4.69) is 28.2 Å². The fourth-order valence-electron chi connectivity index (χ4n) is 2.15. The number of halogens is 4. The smallest absolute Gasteiger partial charge is 0.129 e. The standard InChI is InChI=1S/C16H15BrCl2FN/c1-2-7-21-16(12-5-3-10(17)8-15(12)20)13-9-11(18)4-6-14(13)19/h3-6,8-9,16,21H,2,7H2,1H3. The minimum Gasteiger partial charge on any atom is -0.306 e.